The van der Waals surface area contributed by atoms with Crippen molar-refractivity contribution in [1.82, 2.24) is 9.55 Å². The minimum atomic E-state index is -0.00317. The van der Waals surface area contributed by atoms with E-state index < -0.39 is 0 Å². The van der Waals surface area contributed by atoms with Crippen molar-refractivity contribution in [3.8, 4) is 11.4 Å². The predicted molar refractivity (Wildman–Crippen MR) is 127 cm³/mol. The van der Waals surface area contributed by atoms with Crippen molar-refractivity contribution in [3.63, 3.8) is 0 Å². The van der Waals surface area contributed by atoms with Crippen LogP contribution in [0.5, 0.6) is 5.75 Å². The lowest BCUT2D eigenvalue weighted by Gasteiger charge is -2.14. The second kappa shape index (κ2) is 8.66. The van der Waals surface area contributed by atoms with E-state index in [2.05, 4.69) is 26.0 Å². The minimum absolute atomic E-state index is 0.00317. The van der Waals surface area contributed by atoms with Gasteiger partial charge in [0.25, 0.3) is 5.56 Å². The Morgan fingerprint density at radius 2 is 1.80 bits per heavy atom. The molecule has 2 aromatic carbocycles. The molecule has 4 rings (SSSR count). The molecule has 154 valence electrons. The summed E-state index contributed by atoms with van der Waals surface area (Å²) in [5.41, 5.74) is 4.23. The van der Waals surface area contributed by atoms with Crippen molar-refractivity contribution in [2.75, 3.05) is 12.4 Å². The highest BCUT2D eigenvalue weighted by Crippen LogP contribution is 2.30. The summed E-state index contributed by atoms with van der Waals surface area (Å²) in [6.45, 7) is 8.73. The summed E-state index contributed by atoms with van der Waals surface area (Å²) in [6.07, 6.45) is 0. The summed E-state index contributed by atoms with van der Waals surface area (Å²) in [5.74, 6) is 1.54. The van der Waals surface area contributed by atoms with Gasteiger partial charge in [0.1, 0.15) is 10.6 Å². The highest BCUT2D eigenvalue weighted by atomic mass is 32.2. The van der Waals surface area contributed by atoms with E-state index in [1.807, 2.05) is 50.2 Å². The van der Waals surface area contributed by atoms with Gasteiger partial charge in [0.15, 0.2) is 5.16 Å². The number of para-hydroxylation sites is 1. The van der Waals surface area contributed by atoms with Gasteiger partial charge in [-0.05, 0) is 68.7 Å². The van der Waals surface area contributed by atoms with Crippen molar-refractivity contribution in [2.45, 2.75) is 32.9 Å². The Labute approximate surface area is 184 Å². The normalized spacial score (nSPS) is 11.2. The molecule has 4 nitrogen and oxygen atoms in total. The van der Waals surface area contributed by atoms with E-state index in [0.29, 0.717) is 17.5 Å². The van der Waals surface area contributed by atoms with Crippen molar-refractivity contribution < 1.29 is 4.74 Å². The molecule has 0 aliphatic carbocycles. The molecule has 0 unspecified atom stereocenters. The first-order valence-corrected chi connectivity index (χ1v) is 11.7. The molecule has 0 bridgehead atoms. The SMILES string of the molecule is Cc1ccc(-n2c(SCCOc3ccccc3)nc3sc(C)c(C)c3c2=O)cc1C. The lowest BCUT2D eigenvalue weighted by atomic mass is 10.1. The lowest BCUT2D eigenvalue weighted by molar-refractivity contribution is 0.344. The number of aromatic nitrogens is 2. The number of thioether (sulfide) groups is 1. The van der Waals surface area contributed by atoms with E-state index in [0.717, 1.165) is 37.7 Å². The highest BCUT2D eigenvalue weighted by molar-refractivity contribution is 7.99. The monoisotopic (exact) mass is 436 g/mol. The Balaban J connectivity index is 1.71. The summed E-state index contributed by atoms with van der Waals surface area (Å²) < 4.78 is 7.57. The Kier molecular flexibility index (Phi) is 5.97. The highest BCUT2D eigenvalue weighted by Gasteiger charge is 2.18. The van der Waals surface area contributed by atoms with E-state index in [-0.39, 0.29) is 5.56 Å². The van der Waals surface area contributed by atoms with Crippen LogP contribution in [0.15, 0.2) is 58.5 Å². The zero-order valence-electron chi connectivity index (χ0n) is 17.6. The Bertz CT molecular complexity index is 1260. The molecular formula is C24H24N2O2S2. The third kappa shape index (κ3) is 4.02. The molecule has 0 amide bonds. The average Bonchev–Trinajstić information content (AvgIpc) is 3.02. The molecule has 0 saturated heterocycles. The number of hydrogen-bond donors (Lipinski definition) is 0. The smallest absolute Gasteiger partial charge is 0.267 e. The topological polar surface area (TPSA) is 44.1 Å². The largest absolute Gasteiger partial charge is 0.493 e. The van der Waals surface area contributed by atoms with E-state index in [4.69, 9.17) is 9.72 Å². The quantitative estimate of drug-likeness (QED) is 0.216. The van der Waals surface area contributed by atoms with Crippen LogP contribution in [0.3, 0.4) is 0 Å². The third-order valence-electron chi connectivity index (χ3n) is 5.25. The van der Waals surface area contributed by atoms with Gasteiger partial charge in [-0.25, -0.2) is 4.98 Å². The van der Waals surface area contributed by atoms with Crippen molar-refractivity contribution in [1.29, 1.82) is 0 Å². The lowest BCUT2D eigenvalue weighted by Crippen LogP contribution is -2.22. The average molecular weight is 437 g/mol. The molecule has 2 heterocycles. The molecule has 0 N–H and O–H groups in total. The van der Waals surface area contributed by atoms with Crippen LogP contribution in [0.2, 0.25) is 0 Å². The molecule has 0 aliphatic rings. The van der Waals surface area contributed by atoms with Gasteiger partial charge in [-0.2, -0.15) is 0 Å². The first-order valence-electron chi connectivity index (χ1n) is 9.86. The van der Waals surface area contributed by atoms with Gasteiger partial charge < -0.3 is 4.74 Å². The first-order chi connectivity index (χ1) is 14.5. The molecule has 0 aliphatic heterocycles. The predicted octanol–water partition coefficient (Wildman–Crippen LogP) is 5.85. The second-order valence-electron chi connectivity index (χ2n) is 7.28. The number of nitrogens with zero attached hydrogens (tertiary/aromatic N) is 2. The number of aryl methyl sites for hydroxylation is 4. The third-order valence-corrected chi connectivity index (χ3v) is 7.25. The van der Waals surface area contributed by atoms with Gasteiger partial charge >= 0.3 is 0 Å². The summed E-state index contributed by atoms with van der Waals surface area (Å²) >= 11 is 3.13. The molecule has 0 saturated carbocycles. The first kappa shape index (κ1) is 20.7. The standard InChI is InChI=1S/C24H24N2O2S2/c1-15-10-11-19(14-16(15)2)26-23(27)21-17(3)18(4)30-22(21)25-24(26)29-13-12-28-20-8-6-5-7-9-20/h5-11,14H,12-13H2,1-4H3. The van der Waals surface area contributed by atoms with Crippen LogP contribution in [0.4, 0.5) is 0 Å². The maximum atomic E-state index is 13.5. The van der Waals surface area contributed by atoms with E-state index in [9.17, 15) is 4.79 Å². The van der Waals surface area contributed by atoms with E-state index in [1.165, 1.54) is 5.56 Å². The van der Waals surface area contributed by atoms with Crippen LogP contribution < -0.4 is 10.3 Å². The number of benzene rings is 2. The van der Waals surface area contributed by atoms with Crippen LogP contribution in [-0.2, 0) is 0 Å². The fourth-order valence-electron chi connectivity index (χ4n) is 3.27. The fraction of sp³-hybridized carbons (Fsp3) is 0.250. The van der Waals surface area contributed by atoms with Crippen molar-refractivity contribution in [3.05, 3.63) is 80.5 Å². The summed E-state index contributed by atoms with van der Waals surface area (Å²) in [6, 6.07) is 15.9. The molecule has 30 heavy (non-hydrogen) atoms. The number of thiophene rings is 1. The zero-order valence-corrected chi connectivity index (χ0v) is 19.2. The zero-order chi connectivity index (χ0) is 21.3. The van der Waals surface area contributed by atoms with Crippen LogP contribution in [0.25, 0.3) is 15.9 Å². The van der Waals surface area contributed by atoms with Gasteiger partial charge in [-0.15, -0.1) is 11.3 Å². The summed E-state index contributed by atoms with van der Waals surface area (Å²) in [4.78, 5) is 20.3. The van der Waals surface area contributed by atoms with Gasteiger partial charge in [-0.3, -0.25) is 9.36 Å². The number of fused-ring (bicyclic) bond motifs is 1. The van der Waals surface area contributed by atoms with Crippen LogP contribution in [0, 0.1) is 27.7 Å². The molecule has 6 heteroatoms. The fourth-order valence-corrected chi connectivity index (χ4v) is 5.17. The van der Waals surface area contributed by atoms with Crippen LogP contribution >= 0.6 is 23.1 Å². The van der Waals surface area contributed by atoms with Gasteiger partial charge in [-0.1, -0.05) is 36.0 Å². The molecular weight excluding hydrogens is 412 g/mol. The Morgan fingerprint density at radius 1 is 1.03 bits per heavy atom. The van der Waals surface area contributed by atoms with Crippen molar-refractivity contribution >= 4 is 33.3 Å². The number of hydrogen-bond acceptors (Lipinski definition) is 5. The van der Waals surface area contributed by atoms with Gasteiger partial charge in [0.05, 0.1) is 17.7 Å². The maximum Gasteiger partial charge on any atom is 0.267 e. The van der Waals surface area contributed by atoms with Gasteiger partial charge in [0, 0.05) is 10.6 Å². The number of rotatable bonds is 6. The Hall–Kier alpha value is -2.57. The molecule has 0 atom stereocenters. The molecule has 4 aromatic rings. The van der Waals surface area contributed by atoms with Crippen molar-refractivity contribution in [2.24, 2.45) is 0 Å². The maximum absolute atomic E-state index is 13.5. The van der Waals surface area contributed by atoms with E-state index >= 15 is 0 Å². The second-order valence-corrected chi connectivity index (χ2v) is 9.54. The van der Waals surface area contributed by atoms with Crippen LogP contribution in [0.1, 0.15) is 21.6 Å². The molecule has 0 spiro atoms. The van der Waals surface area contributed by atoms with Gasteiger partial charge in [0.2, 0.25) is 0 Å². The van der Waals surface area contributed by atoms with Crippen LogP contribution in [-0.4, -0.2) is 21.9 Å². The summed E-state index contributed by atoms with van der Waals surface area (Å²) in [5, 5.41) is 1.43. The minimum Gasteiger partial charge on any atom is -0.493 e. The molecule has 0 radical (unpaired) electrons. The Morgan fingerprint density at radius 3 is 2.53 bits per heavy atom. The number of ether oxygens (including phenoxy) is 1. The van der Waals surface area contributed by atoms with E-state index in [1.54, 1.807) is 27.7 Å². The molecule has 2 aromatic heterocycles. The summed E-state index contributed by atoms with van der Waals surface area (Å²) in [7, 11) is 0. The molecule has 0 fully saturated rings.